The van der Waals surface area contributed by atoms with Gasteiger partial charge in [0.15, 0.2) is 0 Å². The Balaban J connectivity index is 2.08. The normalized spacial score (nSPS) is 18.9. The first-order valence-corrected chi connectivity index (χ1v) is 5.24. The van der Waals surface area contributed by atoms with E-state index in [1.54, 1.807) is 6.92 Å². The number of hydrogen-bond donors (Lipinski definition) is 1. The molecule has 15 heavy (non-hydrogen) atoms. The third-order valence-electron chi connectivity index (χ3n) is 2.58. The number of aromatic nitrogens is 1. The molecule has 4 heteroatoms. The number of ether oxygens (including phenoxy) is 1. The van der Waals surface area contributed by atoms with Gasteiger partial charge < -0.3 is 14.7 Å². The zero-order valence-corrected chi connectivity index (χ0v) is 8.89. The molecule has 0 spiro atoms. The fourth-order valence-electron chi connectivity index (χ4n) is 1.65. The molecule has 0 bridgehead atoms. The molecule has 1 aromatic heterocycles. The Bertz CT molecular complexity index is 305. The van der Waals surface area contributed by atoms with E-state index < -0.39 is 6.10 Å². The van der Waals surface area contributed by atoms with Crippen molar-refractivity contribution >= 4 is 5.69 Å². The van der Waals surface area contributed by atoms with Gasteiger partial charge in [0.1, 0.15) is 0 Å². The summed E-state index contributed by atoms with van der Waals surface area (Å²) in [6, 6.07) is 3.87. The summed E-state index contributed by atoms with van der Waals surface area (Å²) in [5.74, 6) is 0. The molecule has 0 aliphatic carbocycles. The second-order valence-corrected chi connectivity index (χ2v) is 3.72. The molecule has 1 aromatic rings. The van der Waals surface area contributed by atoms with E-state index in [0.717, 1.165) is 32.0 Å². The van der Waals surface area contributed by atoms with Crippen LogP contribution in [0.1, 0.15) is 18.7 Å². The molecule has 1 N–H and O–H groups in total. The molecule has 4 nitrogen and oxygen atoms in total. The van der Waals surface area contributed by atoms with Gasteiger partial charge in [-0.05, 0) is 19.1 Å². The van der Waals surface area contributed by atoms with Crippen molar-refractivity contribution in [2.24, 2.45) is 0 Å². The van der Waals surface area contributed by atoms with Crippen LogP contribution in [0.3, 0.4) is 0 Å². The van der Waals surface area contributed by atoms with E-state index in [1.165, 1.54) is 0 Å². The number of aliphatic hydroxyl groups is 1. The van der Waals surface area contributed by atoms with Crippen LogP contribution in [0.4, 0.5) is 5.69 Å². The molecular weight excluding hydrogens is 192 g/mol. The second-order valence-electron chi connectivity index (χ2n) is 3.72. The predicted octanol–water partition coefficient (Wildman–Crippen LogP) is 0.972. The summed E-state index contributed by atoms with van der Waals surface area (Å²) >= 11 is 0. The van der Waals surface area contributed by atoms with Crippen molar-refractivity contribution < 1.29 is 9.84 Å². The highest BCUT2D eigenvalue weighted by Crippen LogP contribution is 2.17. The number of nitrogens with zero attached hydrogens (tertiary/aromatic N) is 2. The molecule has 0 saturated carbocycles. The molecule has 1 aliphatic rings. The minimum Gasteiger partial charge on any atom is -0.387 e. The van der Waals surface area contributed by atoms with E-state index in [1.807, 2.05) is 18.3 Å². The van der Waals surface area contributed by atoms with E-state index in [4.69, 9.17) is 4.74 Å². The summed E-state index contributed by atoms with van der Waals surface area (Å²) < 4.78 is 5.28. The molecule has 1 unspecified atom stereocenters. The minimum atomic E-state index is -0.497. The van der Waals surface area contributed by atoms with Gasteiger partial charge in [-0.3, -0.25) is 4.98 Å². The highest BCUT2D eigenvalue weighted by molar-refractivity contribution is 5.44. The number of anilines is 1. The van der Waals surface area contributed by atoms with Crippen LogP contribution in [0.25, 0.3) is 0 Å². The Kier molecular flexibility index (Phi) is 3.18. The van der Waals surface area contributed by atoms with E-state index in [2.05, 4.69) is 9.88 Å². The summed E-state index contributed by atoms with van der Waals surface area (Å²) in [6.45, 7) is 5.10. The van der Waals surface area contributed by atoms with Gasteiger partial charge in [-0.2, -0.15) is 0 Å². The van der Waals surface area contributed by atoms with Crippen LogP contribution in [0.15, 0.2) is 18.3 Å². The Morgan fingerprint density at radius 2 is 2.13 bits per heavy atom. The van der Waals surface area contributed by atoms with E-state index in [-0.39, 0.29) is 0 Å². The molecular formula is C11H16N2O2. The van der Waals surface area contributed by atoms with Crippen molar-refractivity contribution in [3.05, 3.63) is 24.0 Å². The molecule has 82 valence electrons. The van der Waals surface area contributed by atoms with Gasteiger partial charge in [-0.25, -0.2) is 0 Å². The van der Waals surface area contributed by atoms with Crippen LogP contribution >= 0.6 is 0 Å². The van der Waals surface area contributed by atoms with Crippen molar-refractivity contribution in [3.8, 4) is 0 Å². The van der Waals surface area contributed by atoms with E-state index >= 15 is 0 Å². The number of aliphatic hydroxyl groups excluding tert-OH is 1. The van der Waals surface area contributed by atoms with Gasteiger partial charge >= 0.3 is 0 Å². The van der Waals surface area contributed by atoms with Crippen LogP contribution < -0.4 is 4.90 Å². The van der Waals surface area contributed by atoms with Crippen molar-refractivity contribution in [1.29, 1.82) is 0 Å². The zero-order chi connectivity index (χ0) is 10.7. The number of rotatable bonds is 2. The SMILES string of the molecule is CC(O)c1ccc(N2CCOCC2)cn1. The third-order valence-corrected chi connectivity index (χ3v) is 2.58. The molecule has 1 aliphatic heterocycles. The average Bonchev–Trinajstić information content (AvgIpc) is 2.30. The highest BCUT2D eigenvalue weighted by atomic mass is 16.5. The van der Waals surface area contributed by atoms with Crippen LogP contribution in [0, 0.1) is 0 Å². The molecule has 2 heterocycles. The molecule has 0 radical (unpaired) electrons. The first-order chi connectivity index (χ1) is 7.27. The fraction of sp³-hybridized carbons (Fsp3) is 0.545. The third kappa shape index (κ3) is 2.46. The van der Waals surface area contributed by atoms with Crippen LogP contribution in [0.2, 0.25) is 0 Å². The first kappa shape index (κ1) is 10.4. The molecule has 2 rings (SSSR count). The molecule has 1 fully saturated rings. The lowest BCUT2D eigenvalue weighted by atomic mass is 10.2. The number of hydrogen-bond acceptors (Lipinski definition) is 4. The Morgan fingerprint density at radius 1 is 1.40 bits per heavy atom. The Labute approximate surface area is 89.5 Å². The fourth-order valence-corrected chi connectivity index (χ4v) is 1.65. The Hall–Kier alpha value is -1.13. The second kappa shape index (κ2) is 4.59. The lowest BCUT2D eigenvalue weighted by molar-refractivity contribution is 0.122. The van der Waals surface area contributed by atoms with Gasteiger partial charge in [0.2, 0.25) is 0 Å². The van der Waals surface area contributed by atoms with Crippen LogP contribution in [-0.4, -0.2) is 36.4 Å². The minimum absolute atomic E-state index is 0.497. The largest absolute Gasteiger partial charge is 0.387 e. The van der Waals surface area contributed by atoms with Crippen LogP contribution in [-0.2, 0) is 4.74 Å². The van der Waals surface area contributed by atoms with Gasteiger partial charge in [-0.15, -0.1) is 0 Å². The molecule has 0 amide bonds. The van der Waals surface area contributed by atoms with Crippen molar-refractivity contribution in [3.63, 3.8) is 0 Å². The zero-order valence-electron chi connectivity index (χ0n) is 8.89. The summed E-state index contributed by atoms with van der Waals surface area (Å²) in [5, 5.41) is 9.33. The monoisotopic (exact) mass is 208 g/mol. The van der Waals surface area contributed by atoms with Gasteiger partial charge in [-0.1, -0.05) is 0 Å². The first-order valence-electron chi connectivity index (χ1n) is 5.24. The van der Waals surface area contributed by atoms with Gasteiger partial charge in [0.05, 0.1) is 36.9 Å². The summed E-state index contributed by atoms with van der Waals surface area (Å²) in [5.41, 5.74) is 1.81. The Morgan fingerprint density at radius 3 is 2.67 bits per heavy atom. The standard InChI is InChI=1S/C11H16N2O2/c1-9(14)11-3-2-10(8-12-11)13-4-6-15-7-5-13/h2-3,8-9,14H,4-7H2,1H3. The number of pyridine rings is 1. The van der Waals surface area contributed by atoms with E-state index in [9.17, 15) is 5.11 Å². The maximum atomic E-state index is 9.33. The molecule has 1 saturated heterocycles. The van der Waals surface area contributed by atoms with E-state index in [0.29, 0.717) is 5.69 Å². The maximum absolute atomic E-state index is 9.33. The lowest BCUT2D eigenvalue weighted by Gasteiger charge is -2.28. The topological polar surface area (TPSA) is 45.6 Å². The lowest BCUT2D eigenvalue weighted by Crippen LogP contribution is -2.36. The molecule has 1 atom stereocenters. The average molecular weight is 208 g/mol. The quantitative estimate of drug-likeness (QED) is 0.786. The maximum Gasteiger partial charge on any atom is 0.0931 e. The van der Waals surface area contributed by atoms with Gasteiger partial charge in [0.25, 0.3) is 0 Å². The van der Waals surface area contributed by atoms with Crippen LogP contribution in [0.5, 0.6) is 0 Å². The van der Waals surface area contributed by atoms with Crippen molar-refractivity contribution in [2.45, 2.75) is 13.0 Å². The predicted molar refractivity (Wildman–Crippen MR) is 57.9 cm³/mol. The van der Waals surface area contributed by atoms with Crippen molar-refractivity contribution in [1.82, 2.24) is 4.98 Å². The summed E-state index contributed by atoms with van der Waals surface area (Å²) in [4.78, 5) is 6.46. The highest BCUT2D eigenvalue weighted by Gasteiger charge is 2.11. The summed E-state index contributed by atoms with van der Waals surface area (Å²) in [6.07, 6.45) is 1.32. The molecule has 0 aromatic carbocycles. The summed E-state index contributed by atoms with van der Waals surface area (Å²) in [7, 11) is 0. The smallest absolute Gasteiger partial charge is 0.0931 e. The van der Waals surface area contributed by atoms with Gasteiger partial charge in [0, 0.05) is 13.1 Å². The number of morpholine rings is 1. The van der Waals surface area contributed by atoms with Crippen molar-refractivity contribution in [2.75, 3.05) is 31.2 Å².